The SMILES string of the molecule is CCC1CN(C)CCCN1Cc1cc(N)cc(Br)c1. The molecule has 0 saturated carbocycles. The fraction of sp³-hybridized carbons (Fsp3) is 0.600. The number of nitrogens with two attached hydrogens (primary N) is 1. The van der Waals surface area contributed by atoms with Crippen molar-refractivity contribution in [1.29, 1.82) is 0 Å². The Balaban J connectivity index is 2.10. The fourth-order valence-electron chi connectivity index (χ4n) is 2.89. The lowest BCUT2D eigenvalue weighted by atomic mass is 10.1. The second-order valence-electron chi connectivity index (χ2n) is 5.54. The van der Waals surface area contributed by atoms with Crippen LogP contribution in [0.4, 0.5) is 5.69 Å². The summed E-state index contributed by atoms with van der Waals surface area (Å²) < 4.78 is 1.07. The minimum absolute atomic E-state index is 0.646. The molecule has 1 saturated heterocycles. The fourth-order valence-corrected chi connectivity index (χ4v) is 3.45. The van der Waals surface area contributed by atoms with Crippen molar-refractivity contribution < 1.29 is 0 Å². The van der Waals surface area contributed by atoms with E-state index >= 15 is 0 Å². The predicted octanol–water partition coefficient (Wildman–Crippen LogP) is 2.95. The highest BCUT2D eigenvalue weighted by Crippen LogP contribution is 2.21. The van der Waals surface area contributed by atoms with E-state index in [1.54, 1.807) is 0 Å². The molecule has 1 aromatic carbocycles. The number of halogens is 1. The third-order valence-corrected chi connectivity index (χ3v) is 4.32. The van der Waals surface area contributed by atoms with Crippen molar-refractivity contribution in [2.45, 2.75) is 32.4 Å². The van der Waals surface area contributed by atoms with Crippen LogP contribution in [0.15, 0.2) is 22.7 Å². The molecule has 0 aliphatic carbocycles. The number of benzene rings is 1. The van der Waals surface area contributed by atoms with Crippen LogP contribution in [0.3, 0.4) is 0 Å². The first kappa shape index (κ1) is 14.8. The summed E-state index contributed by atoms with van der Waals surface area (Å²) >= 11 is 3.53. The molecule has 19 heavy (non-hydrogen) atoms. The Kier molecular flexibility index (Phi) is 5.25. The van der Waals surface area contributed by atoms with Crippen molar-refractivity contribution in [3.8, 4) is 0 Å². The summed E-state index contributed by atoms with van der Waals surface area (Å²) in [5.41, 5.74) is 8.07. The third kappa shape index (κ3) is 4.20. The molecule has 0 bridgehead atoms. The number of rotatable bonds is 3. The summed E-state index contributed by atoms with van der Waals surface area (Å²) in [6.07, 6.45) is 2.45. The molecular weight excluding hydrogens is 302 g/mol. The maximum absolute atomic E-state index is 5.93. The Morgan fingerprint density at radius 2 is 2.11 bits per heavy atom. The van der Waals surface area contributed by atoms with E-state index in [1.165, 1.54) is 38.0 Å². The maximum atomic E-state index is 5.93. The second-order valence-corrected chi connectivity index (χ2v) is 6.46. The summed E-state index contributed by atoms with van der Waals surface area (Å²) in [7, 11) is 2.23. The van der Waals surface area contributed by atoms with Gasteiger partial charge in [0, 0.05) is 35.8 Å². The quantitative estimate of drug-likeness (QED) is 0.867. The van der Waals surface area contributed by atoms with Gasteiger partial charge in [0.25, 0.3) is 0 Å². The highest BCUT2D eigenvalue weighted by molar-refractivity contribution is 9.10. The summed E-state index contributed by atoms with van der Waals surface area (Å²) in [6.45, 7) is 6.82. The molecule has 106 valence electrons. The van der Waals surface area contributed by atoms with Crippen LogP contribution < -0.4 is 5.73 Å². The lowest BCUT2D eigenvalue weighted by Gasteiger charge is -2.30. The Morgan fingerprint density at radius 1 is 1.32 bits per heavy atom. The Bertz CT molecular complexity index is 402. The molecule has 3 nitrogen and oxygen atoms in total. The van der Waals surface area contributed by atoms with Crippen molar-refractivity contribution in [1.82, 2.24) is 9.80 Å². The smallest absolute Gasteiger partial charge is 0.0328 e. The van der Waals surface area contributed by atoms with E-state index < -0.39 is 0 Å². The van der Waals surface area contributed by atoms with Crippen LogP contribution in [-0.2, 0) is 6.54 Å². The van der Waals surface area contributed by atoms with Gasteiger partial charge >= 0.3 is 0 Å². The van der Waals surface area contributed by atoms with Crippen molar-refractivity contribution in [3.05, 3.63) is 28.2 Å². The van der Waals surface area contributed by atoms with Gasteiger partial charge in [-0.05, 0) is 50.2 Å². The number of nitrogens with zero attached hydrogens (tertiary/aromatic N) is 2. The van der Waals surface area contributed by atoms with Gasteiger partial charge in [0.05, 0.1) is 0 Å². The molecule has 1 atom stereocenters. The maximum Gasteiger partial charge on any atom is 0.0328 e. The molecule has 1 aromatic rings. The van der Waals surface area contributed by atoms with Gasteiger partial charge in [-0.15, -0.1) is 0 Å². The molecule has 0 spiro atoms. The predicted molar refractivity (Wildman–Crippen MR) is 85.2 cm³/mol. The van der Waals surface area contributed by atoms with E-state index in [4.69, 9.17) is 5.73 Å². The molecular formula is C15H24BrN3. The third-order valence-electron chi connectivity index (χ3n) is 3.86. The molecule has 1 aliphatic heterocycles. The minimum atomic E-state index is 0.646. The first-order chi connectivity index (χ1) is 9.08. The monoisotopic (exact) mass is 325 g/mol. The average molecular weight is 326 g/mol. The zero-order valence-corrected chi connectivity index (χ0v) is 13.5. The Hall–Kier alpha value is -0.580. The van der Waals surface area contributed by atoms with Crippen molar-refractivity contribution in [2.24, 2.45) is 0 Å². The highest BCUT2D eigenvalue weighted by atomic mass is 79.9. The van der Waals surface area contributed by atoms with Crippen LogP contribution in [0, 0.1) is 0 Å². The largest absolute Gasteiger partial charge is 0.399 e. The first-order valence-electron chi connectivity index (χ1n) is 7.06. The average Bonchev–Trinajstić information content (AvgIpc) is 2.50. The normalized spacial score (nSPS) is 22.4. The van der Waals surface area contributed by atoms with Crippen LogP contribution >= 0.6 is 15.9 Å². The van der Waals surface area contributed by atoms with Crippen molar-refractivity contribution in [3.63, 3.8) is 0 Å². The lowest BCUT2D eigenvalue weighted by molar-refractivity contribution is 0.176. The number of hydrogen-bond donors (Lipinski definition) is 1. The van der Waals surface area contributed by atoms with Crippen LogP contribution in [0.5, 0.6) is 0 Å². The molecule has 2 N–H and O–H groups in total. The van der Waals surface area contributed by atoms with E-state index in [-0.39, 0.29) is 0 Å². The lowest BCUT2D eigenvalue weighted by Crippen LogP contribution is -2.39. The molecule has 1 heterocycles. The van der Waals surface area contributed by atoms with E-state index in [1.807, 2.05) is 6.07 Å². The van der Waals surface area contributed by atoms with Crippen LogP contribution in [-0.4, -0.2) is 42.5 Å². The molecule has 2 rings (SSSR count). The Morgan fingerprint density at radius 3 is 2.79 bits per heavy atom. The van der Waals surface area contributed by atoms with Gasteiger partial charge in [0.1, 0.15) is 0 Å². The van der Waals surface area contributed by atoms with Gasteiger partial charge in [-0.3, -0.25) is 4.90 Å². The second kappa shape index (κ2) is 6.73. The van der Waals surface area contributed by atoms with E-state index in [2.05, 4.69) is 51.8 Å². The van der Waals surface area contributed by atoms with E-state index in [0.717, 1.165) is 16.7 Å². The number of anilines is 1. The minimum Gasteiger partial charge on any atom is -0.399 e. The first-order valence-corrected chi connectivity index (χ1v) is 7.85. The zero-order chi connectivity index (χ0) is 13.8. The zero-order valence-electron chi connectivity index (χ0n) is 11.9. The van der Waals surface area contributed by atoms with Gasteiger partial charge in [0.15, 0.2) is 0 Å². The Labute approximate surface area is 124 Å². The summed E-state index contributed by atoms with van der Waals surface area (Å²) in [6, 6.07) is 6.87. The molecule has 0 amide bonds. The van der Waals surface area contributed by atoms with Crippen LogP contribution in [0.25, 0.3) is 0 Å². The molecule has 1 fully saturated rings. The van der Waals surface area contributed by atoms with E-state index in [0.29, 0.717) is 6.04 Å². The molecule has 1 unspecified atom stereocenters. The van der Waals surface area contributed by atoms with Gasteiger partial charge in [-0.2, -0.15) is 0 Å². The van der Waals surface area contributed by atoms with E-state index in [9.17, 15) is 0 Å². The molecule has 0 radical (unpaired) electrons. The topological polar surface area (TPSA) is 32.5 Å². The highest BCUT2D eigenvalue weighted by Gasteiger charge is 2.21. The number of nitrogen functional groups attached to an aromatic ring is 1. The summed E-state index contributed by atoms with van der Waals surface area (Å²) in [5, 5.41) is 0. The van der Waals surface area contributed by atoms with Crippen molar-refractivity contribution in [2.75, 3.05) is 32.4 Å². The van der Waals surface area contributed by atoms with Crippen molar-refractivity contribution >= 4 is 21.6 Å². The molecule has 4 heteroatoms. The van der Waals surface area contributed by atoms with Gasteiger partial charge in [-0.1, -0.05) is 22.9 Å². The summed E-state index contributed by atoms with van der Waals surface area (Å²) in [4.78, 5) is 5.05. The van der Waals surface area contributed by atoms with Gasteiger partial charge < -0.3 is 10.6 Å². The van der Waals surface area contributed by atoms with Gasteiger partial charge in [-0.25, -0.2) is 0 Å². The molecule has 1 aliphatic rings. The van der Waals surface area contributed by atoms with Crippen LogP contribution in [0.1, 0.15) is 25.3 Å². The number of hydrogen-bond acceptors (Lipinski definition) is 3. The van der Waals surface area contributed by atoms with Crippen LogP contribution in [0.2, 0.25) is 0 Å². The summed E-state index contributed by atoms with van der Waals surface area (Å²) in [5.74, 6) is 0. The number of likely N-dealkylation sites (N-methyl/N-ethyl adjacent to an activating group) is 1. The standard InChI is InChI=1S/C15H24BrN3/c1-3-15-11-18(2)5-4-6-19(15)10-12-7-13(16)9-14(17)8-12/h7-9,15H,3-6,10-11,17H2,1-2H3. The van der Waals surface area contributed by atoms with Gasteiger partial charge in [0.2, 0.25) is 0 Å². The molecule has 0 aromatic heterocycles.